The van der Waals surface area contributed by atoms with E-state index in [1.54, 1.807) is 0 Å². The van der Waals surface area contributed by atoms with Crippen LogP contribution in [0.2, 0.25) is 0 Å². The molecular weight excluding hydrogens is 403 g/mol. The van der Waals surface area contributed by atoms with Crippen molar-refractivity contribution in [3.05, 3.63) is 63.2 Å². The lowest BCUT2D eigenvalue weighted by Gasteiger charge is -2.26. The van der Waals surface area contributed by atoms with Crippen LogP contribution in [0.1, 0.15) is 15.9 Å². The molecule has 2 aromatic rings. The highest BCUT2D eigenvalue weighted by Crippen LogP contribution is 2.14. The van der Waals surface area contributed by atoms with Gasteiger partial charge in [-0.25, -0.2) is 0 Å². The number of hydrogen-bond acceptors (Lipinski definition) is 3. The fourth-order valence-corrected chi connectivity index (χ4v) is 2.92. The predicted molar refractivity (Wildman–Crippen MR) is 99.7 cm³/mol. The number of nitrogens with zero attached hydrogens (tertiary/aromatic N) is 1. The highest BCUT2D eigenvalue weighted by Gasteiger charge is 2.12. The smallest absolute Gasteiger partial charge is 0.255 e. The van der Waals surface area contributed by atoms with Gasteiger partial charge in [0.05, 0.1) is 13.2 Å². The normalized spacial score (nSPS) is 15.3. The zero-order chi connectivity index (χ0) is 16.1. The molecule has 1 heterocycles. The van der Waals surface area contributed by atoms with Gasteiger partial charge in [-0.3, -0.25) is 9.69 Å². The highest BCUT2D eigenvalue weighted by atomic mass is 127. The van der Waals surface area contributed by atoms with Gasteiger partial charge in [0.2, 0.25) is 0 Å². The average molecular weight is 422 g/mol. The van der Waals surface area contributed by atoms with Gasteiger partial charge >= 0.3 is 0 Å². The highest BCUT2D eigenvalue weighted by molar-refractivity contribution is 14.1. The molecule has 0 atom stereocenters. The number of benzene rings is 2. The van der Waals surface area contributed by atoms with Crippen LogP contribution >= 0.6 is 22.6 Å². The summed E-state index contributed by atoms with van der Waals surface area (Å²) in [5.74, 6) is -0.0740. The first kappa shape index (κ1) is 16.4. The van der Waals surface area contributed by atoms with Gasteiger partial charge in [0.25, 0.3) is 5.91 Å². The Balaban J connectivity index is 1.66. The Kier molecular flexibility index (Phi) is 5.64. The molecule has 3 rings (SSSR count). The van der Waals surface area contributed by atoms with Crippen molar-refractivity contribution in [1.29, 1.82) is 0 Å². The van der Waals surface area contributed by atoms with Crippen molar-refractivity contribution in [2.75, 3.05) is 31.6 Å². The minimum Gasteiger partial charge on any atom is -0.379 e. The Labute approximate surface area is 150 Å². The van der Waals surface area contributed by atoms with E-state index in [2.05, 4.69) is 38.9 Å². The van der Waals surface area contributed by atoms with Crippen molar-refractivity contribution >= 4 is 34.2 Å². The largest absolute Gasteiger partial charge is 0.379 e. The van der Waals surface area contributed by atoms with Gasteiger partial charge in [-0.05, 0) is 64.6 Å². The number of amides is 1. The van der Waals surface area contributed by atoms with Crippen LogP contribution in [0.15, 0.2) is 48.5 Å². The Morgan fingerprint density at radius 3 is 2.61 bits per heavy atom. The molecule has 0 aliphatic carbocycles. The van der Waals surface area contributed by atoms with Crippen molar-refractivity contribution in [2.45, 2.75) is 6.54 Å². The molecule has 120 valence electrons. The fraction of sp³-hybridized carbons (Fsp3) is 0.278. The minimum absolute atomic E-state index is 0.0740. The Bertz CT molecular complexity index is 667. The number of hydrogen-bond donors (Lipinski definition) is 1. The van der Waals surface area contributed by atoms with Crippen molar-refractivity contribution in [2.24, 2.45) is 0 Å². The van der Waals surface area contributed by atoms with Crippen LogP contribution in [0.25, 0.3) is 0 Å². The van der Waals surface area contributed by atoms with Gasteiger partial charge in [-0.2, -0.15) is 0 Å². The number of morpholine rings is 1. The van der Waals surface area contributed by atoms with E-state index in [4.69, 9.17) is 4.74 Å². The first-order valence-corrected chi connectivity index (χ1v) is 8.74. The molecule has 0 unspecified atom stereocenters. The average Bonchev–Trinajstić information content (AvgIpc) is 2.58. The third-order valence-corrected chi connectivity index (χ3v) is 4.52. The van der Waals surface area contributed by atoms with E-state index >= 15 is 0 Å². The number of halogens is 1. The quantitative estimate of drug-likeness (QED) is 0.769. The van der Waals surface area contributed by atoms with Crippen LogP contribution in [0, 0.1) is 3.57 Å². The van der Waals surface area contributed by atoms with E-state index in [1.807, 2.05) is 42.5 Å². The molecule has 2 aromatic carbocycles. The molecule has 0 radical (unpaired) electrons. The van der Waals surface area contributed by atoms with Gasteiger partial charge in [-0.15, -0.1) is 0 Å². The molecular formula is C18H19IN2O2. The summed E-state index contributed by atoms with van der Waals surface area (Å²) in [4.78, 5) is 14.7. The topological polar surface area (TPSA) is 41.6 Å². The van der Waals surface area contributed by atoms with Gasteiger partial charge < -0.3 is 10.1 Å². The molecule has 1 aliphatic rings. The lowest BCUT2D eigenvalue weighted by Crippen LogP contribution is -2.35. The number of rotatable bonds is 4. The monoisotopic (exact) mass is 422 g/mol. The molecule has 1 N–H and O–H groups in total. The first-order valence-electron chi connectivity index (χ1n) is 7.67. The Morgan fingerprint density at radius 2 is 1.87 bits per heavy atom. The summed E-state index contributed by atoms with van der Waals surface area (Å²) in [6.45, 7) is 4.31. The summed E-state index contributed by atoms with van der Waals surface area (Å²) >= 11 is 2.25. The van der Waals surface area contributed by atoms with Gasteiger partial charge in [0, 0.05) is 34.5 Å². The number of nitrogens with one attached hydrogen (secondary N) is 1. The zero-order valence-corrected chi connectivity index (χ0v) is 15.0. The molecule has 5 heteroatoms. The molecule has 1 fully saturated rings. The number of ether oxygens (including phenoxy) is 1. The maximum atomic E-state index is 12.4. The lowest BCUT2D eigenvalue weighted by molar-refractivity contribution is 0.0342. The lowest BCUT2D eigenvalue weighted by atomic mass is 10.1. The van der Waals surface area contributed by atoms with Crippen LogP contribution in [0.4, 0.5) is 5.69 Å². The summed E-state index contributed by atoms with van der Waals surface area (Å²) < 4.78 is 6.51. The van der Waals surface area contributed by atoms with Crippen molar-refractivity contribution < 1.29 is 9.53 Å². The molecule has 0 saturated carbocycles. The number of anilines is 1. The molecule has 23 heavy (non-hydrogen) atoms. The van der Waals surface area contributed by atoms with Crippen LogP contribution in [-0.4, -0.2) is 37.1 Å². The third kappa shape index (κ3) is 4.76. The van der Waals surface area contributed by atoms with Crippen LogP contribution in [-0.2, 0) is 11.3 Å². The zero-order valence-electron chi connectivity index (χ0n) is 12.8. The second kappa shape index (κ2) is 7.90. The molecule has 1 saturated heterocycles. The molecule has 1 amide bonds. The molecule has 1 aliphatic heterocycles. The van der Waals surface area contributed by atoms with E-state index in [-0.39, 0.29) is 5.91 Å². The van der Waals surface area contributed by atoms with E-state index in [0.717, 1.165) is 47.7 Å². The number of carbonyl (C=O) groups excluding carboxylic acids is 1. The summed E-state index contributed by atoms with van der Waals surface area (Å²) in [7, 11) is 0. The predicted octanol–water partition coefficient (Wildman–Crippen LogP) is 3.38. The SMILES string of the molecule is O=C(Nc1ccc(I)cc1)c1cccc(CN2CCOCC2)c1. The Morgan fingerprint density at radius 1 is 1.13 bits per heavy atom. The standard InChI is InChI=1S/C18H19IN2O2/c19-16-4-6-17(7-5-16)20-18(22)15-3-1-2-14(12-15)13-21-8-10-23-11-9-21/h1-7,12H,8-11,13H2,(H,20,22). The van der Waals surface area contributed by atoms with Crippen LogP contribution < -0.4 is 5.32 Å². The van der Waals surface area contributed by atoms with Crippen LogP contribution in [0.5, 0.6) is 0 Å². The maximum absolute atomic E-state index is 12.4. The third-order valence-electron chi connectivity index (χ3n) is 3.80. The second-order valence-corrected chi connectivity index (χ2v) is 6.80. The van der Waals surface area contributed by atoms with E-state index < -0.39 is 0 Å². The van der Waals surface area contributed by atoms with Gasteiger partial charge in [-0.1, -0.05) is 12.1 Å². The Hall–Kier alpha value is -1.44. The number of carbonyl (C=O) groups is 1. The first-order chi connectivity index (χ1) is 11.2. The van der Waals surface area contributed by atoms with Crippen molar-refractivity contribution in [1.82, 2.24) is 4.90 Å². The summed E-state index contributed by atoms with van der Waals surface area (Å²) in [5.41, 5.74) is 2.66. The molecule has 0 aromatic heterocycles. The summed E-state index contributed by atoms with van der Waals surface area (Å²) in [5, 5.41) is 2.94. The molecule has 0 spiro atoms. The molecule has 4 nitrogen and oxygen atoms in total. The van der Waals surface area contributed by atoms with Gasteiger partial charge in [0.15, 0.2) is 0 Å². The van der Waals surface area contributed by atoms with Crippen molar-refractivity contribution in [3.63, 3.8) is 0 Å². The van der Waals surface area contributed by atoms with Crippen LogP contribution in [0.3, 0.4) is 0 Å². The minimum atomic E-state index is -0.0740. The second-order valence-electron chi connectivity index (χ2n) is 5.55. The van der Waals surface area contributed by atoms with E-state index in [9.17, 15) is 4.79 Å². The summed E-state index contributed by atoms with van der Waals surface area (Å²) in [6.07, 6.45) is 0. The van der Waals surface area contributed by atoms with Crippen molar-refractivity contribution in [3.8, 4) is 0 Å². The van der Waals surface area contributed by atoms with E-state index in [0.29, 0.717) is 5.56 Å². The fourth-order valence-electron chi connectivity index (χ4n) is 2.56. The van der Waals surface area contributed by atoms with E-state index in [1.165, 1.54) is 0 Å². The maximum Gasteiger partial charge on any atom is 0.255 e. The molecule has 0 bridgehead atoms. The van der Waals surface area contributed by atoms with Gasteiger partial charge in [0.1, 0.15) is 0 Å². The summed E-state index contributed by atoms with van der Waals surface area (Å²) in [6, 6.07) is 15.6.